The van der Waals surface area contributed by atoms with E-state index in [1.54, 1.807) is 19.3 Å². The van der Waals surface area contributed by atoms with Crippen LogP contribution in [0.25, 0.3) is 10.8 Å². The van der Waals surface area contributed by atoms with E-state index in [0.717, 1.165) is 22.4 Å². The molecule has 0 aliphatic heterocycles. The number of aromatic nitrogens is 1. The number of nitrogens with two attached hydrogens (primary N) is 1. The fraction of sp³-hybridized carbons (Fsp3) is 0.118. The minimum atomic E-state index is -0.669. The molecule has 1 aromatic heterocycles. The van der Waals surface area contributed by atoms with Crippen LogP contribution in [0.3, 0.4) is 0 Å². The van der Waals surface area contributed by atoms with E-state index in [2.05, 4.69) is 4.98 Å². The summed E-state index contributed by atoms with van der Waals surface area (Å²) >= 11 is 0. The second-order valence-corrected chi connectivity index (χ2v) is 5.04. The Labute approximate surface area is 121 Å². The summed E-state index contributed by atoms with van der Waals surface area (Å²) in [5.41, 5.74) is 7.64. The van der Waals surface area contributed by atoms with Crippen LogP contribution in [0.2, 0.25) is 0 Å². The van der Waals surface area contributed by atoms with Gasteiger partial charge in [0, 0.05) is 29.4 Å². The molecule has 3 aromatic rings. The van der Waals surface area contributed by atoms with Crippen LogP contribution < -0.4 is 5.73 Å². The summed E-state index contributed by atoms with van der Waals surface area (Å²) in [5, 5.41) is 1.85. The van der Waals surface area contributed by atoms with Gasteiger partial charge in [0.25, 0.3) is 0 Å². The fourth-order valence-corrected chi connectivity index (χ4v) is 2.49. The average Bonchev–Trinajstić information content (AvgIpc) is 2.49. The first-order valence-electron chi connectivity index (χ1n) is 6.61. The molecule has 0 saturated carbocycles. The van der Waals surface area contributed by atoms with Crippen LogP contribution in [-0.2, 0) is 0 Å². The van der Waals surface area contributed by atoms with Gasteiger partial charge in [0.1, 0.15) is 11.6 Å². The second kappa shape index (κ2) is 5.22. The van der Waals surface area contributed by atoms with Crippen molar-refractivity contribution in [2.45, 2.75) is 13.0 Å². The minimum absolute atomic E-state index is 0.283. The average molecular weight is 284 g/mol. The zero-order chi connectivity index (χ0) is 15.0. The summed E-state index contributed by atoms with van der Waals surface area (Å²) in [7, 11) is 0. The second-order valence-electron chi connectivity index (χ2n) is 5.04. The summed E-state index contributed by atoms with van der Waals surface area (Å²) in [6.07, 6.45) is 3.40. The molecule has 1 heterocycles. The monoisotopic (exact) mass is 284 g/mol. The molecule has 21 heavy (non-hydrogen) atoms. The van der Waals surface area contributed by atoms with Crippen LogP contribution >= 0.6 is 0 Å². The number of pyridine rings is 1. The largest absolute Gasteiger partial charge is 0.320 e. The topological polar surface area (TPSA) is 38.9 Å². The van der Waals surface area contributed by atoms with Gasteiger partial charge in [0.05, 0.1) is 6.04 Å². The van der Waals surface area contributed by atoms with Crippen molar-refractivity contribution in [3.63, 3.8) is 0 Å². The van der Waals surface area contributed by atoms with Crippen molar-refractivity contribution < 1.29 is 8.78 Å². The number of benzene rings is 2. The first-order valence-corrected chi connectivity index (χ1v) is 6.61. The Morgan fingerprint density at radius 1 is 1.05 bits per heavy atom. The van der Waals surface area contributed by atoms with Crippen LogP contribution in [0.15, 0.2) is 48.8 Å². The maximum atomic E-state index is 14.0. The highest BCUT2D eigenvalue weighted by molar-refractivity contribution is 5.85. The van der Waals surface area contributed by atoms with E-state index in [0.29, 0.717) is 5.56 Å². The van der Waals surface area contributed by atoms with Crippen molar-refractivity contribution in [1.82, 2.24) is 4.98 Å². The van der Waals surface area contributed by atoms with Crippen LogP contribution in [0.1, 0.15) is 22.7 Å². The predicted octanol–water partition coefficient (Wildman–Crippen LogP) is 3.87. The molecule has 2 aromatic carbocycles. The smallest absolute Gasteiger partial charge is 0.131 e. The van der Waals surface area contributed by atoms with Gasteiger partial charge in [-0.15, -0.1) is 0 Å². The molecule has 0 saturated heterocycles. The van der Waals surface area contributed by atoms with E-state index in [9.17, 15) is 8.78 Å². The molecule has 0 aliphatic carbocycles. The Morgan fingerprint density at radius 3 is 2.67 bits per heavy atom. The predicted molar refractivity (Wildman–Crippen MR) is 78.9 cm³/mol. The lowest BCUT2D eigenvalue weighted by Crippen LogP contribution is -2.15. The molecule has 2 N–H and O–H groups in total. The Kier molecular flexibility index (Phi) is 3.39. The lowest BCUT2D eigenvalue weighted by Gasteiger charge is -2.16. The molecule has 3 rings (SSSR count). The number of hydrogen-bond acceptors (Lipinski definition) is 2. The third-order valence-corrected chi connectivity index (χ3v) is 3.67. The van der Waals surface area contributed by atoms with Crippen LogP contribution in [0.4, 0.5) is 8.78 Å². The molecule has 106 valence electrons. The zero-order valence-electron chi connectivity index (χ0n) is 11.5. The van der Waals surface area contributed by atoms with Crippen LogP contribution in [0.5, 0.6) is 0 Å². The van der Waals surface area contributed by atoms with E-state index >= 15 is 0 Å². The lowest BCUT2D eigenvalue weighted by atomic mass is 9.94. The Bertz CT molecular complexity index is 810. The molecule has 1 atom stereocenters. The highest BCUT2D eigenvalue weighted by atomic mass is 19.1. The van der Waals surface area contributed by atoms with Gasteiger partial charge in [-0.25, -0.2) is 8.78 Å². The lowest BCUT2D eigenvalue weighted by molar-refractivity contribution is 0.561. The molecule has 4 heteroatoms. The van der Waals surface area contributed by atoms with Crippen molar-refractivity contribution in [3.05, 3.63) is 77.1 Å². The van der Waals surface area contributed by atoms with Crippen molar-refractivity contribution in [3.8, 4) is 0 Å². The molecule has 0 fully saturated rings. The SMILES string of the molecule is Cc1cc(C(N)c2cccc3ccncc23)c(F)cc1F. The van der Waals surface area contributed by atoms with Gasteiger partial charge in [0.15, 0.2) is 0 Å². The fourth-order valence-electron chi connectivity index (χ4n) is 2.49. The number of nitrogens with zero attached hydrogens (tertiary/aromatic N) is 1. The summed E-state index contributed by atoms with van der Waals surface area (Å²) < 4.78 is 27.4. The van der Waals surface area contributed by atoms with Gasteiger partial charge in [-0.2, -0.15) is 0 Å². The maximum absolute atomic E-state index is 14.0. The molecule has 1 unspecified atom stereocenters. The number of fused-ring (bicyclic) bond motifs is 1. The Hall–Kier alpha value is -2.33. The Morgan fingerprint density at radius 2 is 1.86 bits per heavy atom. The number of aryl methyl sites for hydroxylation is 1. The van der Waals surface area contributed by atoms with E-state index in [1.807, 2.05) is 24.3 Å². The summed E-state index contributed by atoms with van der Waals surface area (Å²) in [4.78, 5) is 4.09. The number of hydrogen-bond donors (Lipinski definition) is 1. The van der Waals surface area contributed by atoms with E-state index in [1.165, 1.54) is 6.07 Å². The number of halogens is 2. The van der Waals surface area contributed by atoms with Crippen molar-refractivity contribution in [2.24, 2.45) is 5.73 Å². The quantitative estimate of drug-likeness (QED) is 0.776. The van der Waals surface area contributed by atoms with Gasteiger partial charge in [-0.05, 0) is 35.6 Å². The third kappa shape index (κ3) is 2.38. The first-order chi connectivity index (χ1) is 10.1. The minimum Gasteiger partial charge on any atom is -0.320 e. The highest BCUT2D eigenvalue weighted by Crippen LogP contribution is 2.29. The van der Waals surface area contributed by atoms with E-state index < -0.39 is 17.7 Å². The van der Waals surface area contributed by atoms with Crippen LogP contribution in [-0.4, -0.2) is 4.98 Å². The van der Waals surface area contributed by atoms with E-state index in [4.69, 9.17) is 5.73 Å². The molecule has 0 spiro atoms. The molecular weight excluding hydrogens is 270 g/mol. The van der Waals surface area contributed by atoms with E-state index in [-0.39, 0.29) is 5.56 Å². The normalized spacial score (nSPS) is 12.6. The van der Waals surface area contributed by atoms with Gasteiger partial charge in [0.2, 0.25) is 0 Å². The summed E-state index contributed by atoms with van der Waals surface area (Å²) in [6, 6.07) is 9.20. The standard InChI is InChI=1S/C17H14F2N2/c1-10-7-13(16(19)8-15(10)18)17(20)12-4-2-3-11-5-6-21-9-14(11)12/h2-9,17H,20H2,1H3. The third-order valence-electron chi connectivity index (χ3n) is 3.67. The molecule has 0 amide bonds. The van der Waals surface area contributed by atoms with Gasteiger partial charge < -0.3 is 5.73 Å². The highest BCUT2D eigenvalue weighted by Gasteiger charge is 2.17. The van der Waals surface area contributed by atoms with Crippen molar-refractivity contribution in [1.29, 1.82) is 0 Å². The summed E-state index contributed by atoms with van der Waals surface area (Å²) in [6.45, 7) is 1.59. The van der Waals surface area contributed by atoms with Crippen LogP contribution in [0, 0.1) is 18.6 Å². The van der Waals surface area contributed by atoms with Crippen molar-refractivity contribution >= 4 is 10.8 Å². The molecule has 0 aliphatic rings. The maximum Gasteiger partial charge on any atom is 0.131 e. The zero-order valence-corrected chi connectivity index (χ0v) is 11.5. The molecule has 0 bridgehead atoms. The van der Waals surface area contributed by atoms with Gasteiger partial charge in [-0.3, -0.25) is 4.98 Å². The first kappa shape index (κ1) is 13.6. The molecular formula is C17H14F2N2. The molecule has 2 nitrogen and oxygen atoms in total. The molecule has 0 radical (unpaired) electrons. The Balaban J connectivity index is 2.17. The number of rotatable bonds is 2. The van der Waals surface area contributed by atoms with Crippen molar-refractivity contribution in [2.75, 3.05) is 0 Å². The van der Waals surface area contributed by atoms with Gasteiger partial charge >= 0.3 is 0 Å². The summed E-state index contributed by atoms with van der Waals surface area (Å²) in [5.74, 6) is -1.20. The van der Waals surface area contributed by atoms with Gasteiger partial charge in [-0.1, -0.05) is 18.2 Å².